The quantitative estimate of drug-likeness (QED) is 0.640. The van der Waals surface area contributed by atoms with Crippen molar-refractivity contribution in [1.29, 1.82) is 0 Å². The van der Waals surface area contributed by atoms with Crippen LogP contribution in [0.15, 0.2) is 35.2 Å². The highest BCUT2D eigenvalue weighted by Crippen LogP contribution is 2.37. The zero-order valence-corrected chi connectivity index (χ0v) is 19.8. The fourth-order valence-corrected chi connectivity index (χ4v) is 5.37. The van der Waals surface area contributed by atoms with Gasteiger partial charge in [-0.15, -0.1) is 0 Å². The minimum atomic E-state index is -4.14. The van der Waals surface area contributed by atoms with Crippen molar-refractivity contribution in [3.8, 4) is 11.5 Å². The van der Waals surface area contributed by atoms with Gasteiger partial charge in [0.2, 0.25) is 0 Å². The van der Waals surface area contributed by atoms with Crippen LogP contribution in [0.5, 0.6) is 11.5 Å². The molecule has 1 aliphatic rings. The highest BCUT2D eigenvalue weighted by Gasteiger charge is 2.26. The Balaban J connectivity index is 1.94. The lowest BCUT2D eigenvalue weighted by molar-refractivity contribution is 0.0683. The lowest BCUT2D eigenvalue weighted by Gasteiger charge is -2.31. The Morgan fingerprint density at radius 2 is 1.81 bits per heavy atom. The summed E-state index contributed by atoms with van der Waals surface area (Å²) >= 11 is 12.3. The first-order valence-electron chi connectivity index (χ1n) is 9.69. The molecule has 2 aromatic carbocycles. The van der Waals surface area contributed by atoms with Crippen LogP contribution in [-0.2, 0) is 10.0 Å². The van der Waals surface area contributed by atoms with Gasteiger partial charge in [-0.25, -0.2) is 8.42 Å². The predicted molar refractivity (Wildman–Crippen MR) is 121 cm³/mol. The summed E-state index contributed by atoms with van der Waals surface area (Å²) in [5.41, 5.74) is 0.379. The summed E-state index contributed by atoms with van der Waals surface area (Å²) in [6.07, 6.45) is 1.99. The molecule has 168 valence electrons. The smallest absolute Gasteiger partial charge is 0.263 e. The number of halogens is 2. The Morgan fingerprint density at radius 3 is 2.45 bits per heavy atom. The fourth-order valence-electron chi connectivity index (χ4n) is 3.54. The van der Waals surface area contributed by atoms with E-state index in [1.54, 1.807) is 4.90 Å². The van der Waals surface area contributed by atoms with Crippen molar-refractivity contribution in [1.82, 2.24) is 4.90 Å². The van der Waals surface area contributed by atoms with Crippen molar-refractivity contribution < 1.29 is 22.7 Å². The van der Waals surface area contributed by atoms with Crippen molar-refractivity contribution in [2.75, 3.05) is 32.0 Å². The van der Waals surface area contributed by atoms with Gasteiger partial charge >= 0.3 is 0 Å². The zero-order chi connectivity index (χ0) is 22.8. The molecule has 1 fully saturated rings. The molecule has 3 rings (SSSR count). The van der Waals surface area contributed by atoms with E-state index in [4.69, 9.17) is 32.7 Å². The number of rotatable bonds is 6. The number of benzene rings is 2. The zero-order valence-electron chi connectivity index (χ0n) is 17.4. The molecule has 1 amide bonds. The van der Waals surface area contributed by atoms with Crippen LogP contribution in [0.3, 0.4) is 0 Å². The van der Waals surface area contributed by atoms with Crippen molar-refractivity contribution in [3.63, 3.8) is 0 Å². The number of ether oxygens (including phenoxy) is 2. The summed E-state index contributed by atoms with van der Waals surface area (Å²) in [5.74, 6) is 0.741. The van der Waals surface area contributed by atoms with Crippen LogP contribution in [0.2, 0.25) is 10.0 Å². The van der Waals surface area contributed by atoms with Gasteiger partial charge in [-0.05, 0) is 43.0 Å². The second kappa shape index (κ2) is 9.54. The molecule has 0 radical (unpaired) electrons. The van der Waals surface area contributed by atoms with Crippen LogP contribution in [0, 0.1) is 5.92 Å². The highest BCUT2D eigenvalue weighted by molar-refractivity contribution is 7.92. The third-order valence-electron chi connectivity index (χ3n) is 5.13. The van der Waals surface area contributed by atoms with E-state index >= 15 is 0 Å². The van der Waals surface area contributed by atoms with E-state index in [1.807, 2.05) is 0 Å². The maximum absolute atomic E-state index is 13.1. The molecule has 1 atom stereocenters. The third kappa shape index (κ3) is 5.19. The highest BCUT2D eigenvalue weighted by atomic mass is 35.5. The number of carbonyl (C=O) groups excluding carboxylic acids is 1. The maximum Gasteiger partial charge on any atom is 0.263 e. The fraction of sp³-hybridized carbons (Fsp3) is 0.381. The minimum absolute atomic E-state index is 0.00497. The molecular formula is C21H24Cl2N2O5S. The Hall–Kier alpha value is -2.16. The monoisotopic (exact) mass is 486 g/mol. The molecular weight excluding hydrogens is 463 g/mol. The Morgan fingerprint density at radius 1 is 1.10 bits per heavy atom. The molecule has 1 heterocycles. The Labute approximate surface area is 192 Å². The number of hydrogen-bond acceptors (Lipinski definition) is 5. The third-order valence-corrected chi connectivity index (χ3v) is 7.27. The van der Waals surface area contributed by atoms with Crippen LogP contribution in [-0.4, -0.2) is 46.5 Å². The van der Waals surface area contributed by atoms with Gasteiger partial charge in [0.15, 0.2) is 0 Å². The van der Waals surface area contributed by atoms with Gasteiger partial charge in [0.05, 0.1) is 30.0 Å². The van der Waals surface area contributed by atoms with E-state index in [0.717, 1.165) is 12.8 Å². The molecule has 2 aromatic rings. The number of likely N-dealkylation sites (tertiary alicyclic amines) is 1. The first kappa shape index (κ1) is 23.5. The van der Waals surface area contributed by atoms with Crippen molar-refractivity contribution in [3.05, 3.63) is 45.9 Å². The van der Waals surface area contributed by atoms with Gasteiger partial charge in [-0.2, -0.15) is 0 Å². The van der Waals surface area contributed by atoms with Crippen molar-refractivity contribution in [2.24, 2.45) is 5.92 Å². The number of anilines is 1. The molecule has 0 bridgehead atoms. The van der Waals surface area contributed by atoms with Gasteiger partial charge in [-0.3, -0.25) is 9.52 Å². The van der Waals surface area contributed by atoms with E-state index in [9.17, 15) is 13.2 Å². The summed E-state index contributed by atoms with van der Waals surface area (Å²) in [6.45, 7) is 3.38. The van der Waals surface area contributed by atoms with Gasteiger partial charge in [0.25, 0.3) is 15.9 Å². The molecule has 0 spiro atoms. The van der Waals surface area contributed by atoms with E-state index in [-0.39, 0.29) is 37.8 Å². The number of piperidine rings is 1. The van der Waals surface area contributed by atoms with Crippen LogP contribution in [0.4, 0.5) is 5.69 Å². The molecule has 1 N–H and O–H groups in total. The second-order valence-corrected chi connectivity index (χ2v) is 9.90. The van der Waals surface area contributed by atoms with E-state index in [1.165, 1.54) is 44.6 Å². The van der Waals surface area contributed by atoms with E-state index in [0.29, 0.717) is 24.8 Å². The lowest BCUT2D eigenvalue weighted by atomic mass is 9.99. The molecule has 0 aromatic heterocycles. The molecule has 1 aliphatic heterocycles. The molecule has 0 aliphatic carbocycles. The standard InChI is InChI=1S/C21H24Cl2N2O5S/c1-13-5-4-8-25(12-13)21(26)14-6-7-15(22)20(9-14)31(27,28)24-17-10-16(23)18(29-2)11-19(17)30-3/h6-7,9-11,13,24H,4-5,8,12H2,1-3H3. The first-order valence-corrected chi connectivity index (χ1v) is 11.9. The lowest BCUT2D eigenvalue weighted by Crippen LogP contribution is -2.39. The van der Waals surface area contributed by atoms with Crippen LogP contribution >= 0.6 is 23.2 Å². The topological polar surface area (TPSA) is 84.9 Å². The normalized spacial score (nSPS) is 16.7. The summed E-state index contributed by atoms with van der Waals surface area (Å²) in [6, 6.07) is 7.10. The SMILES string of the molecule is COc1cc(OC)c(NS(=O)(=O)c2cc(C(=O)N3CCCC(C)C3)ccc2Cl)cc1Cl. The molecule has 0 saturated carbocycles. The Bertz CT molecular complexity index is 1090. The molecule has 31 heavy (non-hydrogen) atoms. The van der Waals surface area contributed by atoms with Crippen molar-refractivity contribution in [2.45, 2.75) is 24.7 Å². The number of nitrogens with zero attached hydrogens (tertiary/aromatic N) is 1. The summed E-state index contributed by atoms with van der Waals surface area (Å²) < 4.78 is 39.0. The van der Waals surface area contributed by atoms with Crippen LogP contribution in [0.1, 0.15) is 30.1 Å². The van der Waals surface area contributed by atoms with Gasteiger partial charge in [0, 0.05) is 24.7 Å². The molecule has 7 nitrogen and oxygen atoms in total. The molecule has 1 saturated heterocycles. The number of carbonyl (C=O) groups is 1. The molecule has 10 heteroatoms. The largest absolute Gasteiger partial charge is 0.495 e. The van der Waals surface area contributed by atoms with Crippen LogP contribution < -0.4 is 14.2 Å². The summed E-state index contributed by atoms with van der Waals surface area (Å²) in [4.78, 5) is 14.5. The van der Waals surface area contributed by atoms with E-state index in [2.05, 4.69) is 11.6 Å². The summed E-state index contributed by atoms with van der Waals surface area (Å²) in [7, 11) is -1.31. The van der Waals surface area contributed by atoms with Gasteiger partial charge < -0.3 is 14.4 Å². The number of amides is 1. The number of hydrogen-bond donors (Lipinski definition) is 1. The number of nitrogens with one attached hydrogen (secondary N) is 1. The average Bonchev–Trinajstić information content (AvgIpc) is 2.73. The number of methoxy groups -OCH3 is 2. The maximum atomic E-state index is 13.1. The number of sulfonamides is 1. The summed E-state index contributed by atoms with van der Waals surface area (Å²) in [5, 5.41) is 0.199. The van der Waals surface area contributed by atoms with Crippen LogP contribution in [0.25, 0.3) is 0 Å². The van der Waals surface area contributed by atoms with E-state index < -0.39 is 10.0 Å². The average molecular weight is 487 g/mol. The molecule has 1 unspecified atom stereocenters. The van der Waals surface area contributed by atoms with Gasteiger partial charge in [0.1, 0.15) is 16.4 Å². The second-order valence-electron chi connectivity index (χ2n) is 7.44. The Kier molecular flexibility index (Phi) is 7.24. The first-order chi connectivity index (χ1) is 14.7. The minimum Gasteiger partial charge on any atom is -0.495 e. The predicted octanol–water partition coefficient (Wildman–Crippen LogP) is 4.68. The van der Waals surface area contributed by atoms with Gasteiger partial charge in [-0.1, -0.05) is 30.1 Å². The van der Waals surface area contributed by atoms with Crippen molar-refractivity contribution >= 4 is 44.8 Å².